The van der Waals surface area contributed by atoms with Gasteiger partial charge in [0.15, 0.2) is 0 Å². The van der Waals surface area contributed by atoms with Crippen LogP contribution in [-0.2, 0) is 4.79 Å². The quantitative estimate of drug-likeness (QED) is 0.804. The first-order chi connectivity index (χ1) is 11.0. The van der Waals surface area contributed by atoms with E-state index < -0.39 is 0 Å². The number of ether oxygens (including phenoxy) is 1. The predicted octanol–water partition coefficient (Wildman–Crippen LogP) is 4.28. The molecule has 2 aromatic rings. The standard InChI is InChI=1S/C19H23NO2S/c1-13-5-6-14(2)18(11-13)15(3)20-19(21)12-23-17-9-7-16(22-4)8-10-17/h5-11,15H,12H2,1-4H3,(H,20,21). The van der Waals surface area contributed by atoms with E-state index in [1.807, 2.05) is 31.2 Å². The second kappa shape index (κ2) is 8.06. The number of thioether (sulfide) groups is 1. The summed E-state index contributed by atoms with van der Waals surface area (Å²) in [5.41, 5.74) is 3.58. The van der Waals surface area contributed by atoms with Crippen LogP contribution in [0.5, 0.6) is 5.75 Å². The molecule has 1 unspecified atom stereocenters. The van der Waals surface area contributed by atoms with E-state index >= 15 is 0 Å². The molecule has 0 aliphatic rings. The van der Waals surface area contributed by atoms with Crippen LogP contribution < -0.4 is 10.1 Å². The fraction of sp³-hybridized carbons (Fsp3) is 0.316. The van der Waals surface area contributed by atoms with Gasteiger partial charge in [0.25, 0.3) is 0 Å². The van der Waals surface area contributed by atoms with Crippen molar-refractivity contribution in [3.8, 4) is 5.75 Å². The largest absolute Gasteiger partial charge is 0.497 e. The van der Waals surface area contributed by atoms with E-state index in [2.05, 4.69) is 37.4 Å². The van der Waals surface area contributed by atoms with Crippen LogP contribution in [0.15, 0.2) is 47.4 Å². The molecule has 0 saturated carbocycles. The molecule has 0 bridgehead atoms. The molecule has 2 rings (SSSR count). The first kappa shape index (κ1) is 17.4. The van der Waals surface area contributed by atoms with Crippen LogP contribution in [-0.4, -0.2) is 18.8 Å². The number of aryl methyl sites for hydroxylation is 2. The lowest BCUT2D eigenvalue weighted by Gasteiger charge is -2.17. The van der Waals surface area contributed by atoms with E-state index in [9.17, 15) is 4.79 Å². The van der Waals surface area contributed by atoms with E-state index in [1.165, 1.54) is 28.5 Å². The summed E-state index contributed by atoms with van der Waals surface area (Å²) < 4.78 is 5.13. The maximum absolute atomic E-state index is 12.2. The van der Waals surface area contributed by atoms with Gasteiger partial charge in [-0.15, -0.1) is 11.8 Å². The molecule has 1 amide bonds. The number of hydrogen-bond acceptors (Lipinski definition) is 3. The summed E-state index contributed by atoms with van der Waals surface area (Å²) in [4.78, 5) is 13.2. The Labute approximate surface area is 142 Å². The second-order valence-electron chi connectivity index (χ2n) is 5.61. The Morgan fingerprint density at radius 3 is 2.52 bits per heavy atom. The van der Waals surface area contributed by atoms with E-state index in [1.54, 1.807) is 7.11 Å². The highest BCUT2D eigenvalue weighted by atomic mass is 32.2. The van der Waals surface area contributed by atoms with Gasteiger partial charge in [0, 0.05) is 4.90 Å². The van der Waals surface area contributed by atoms with Crippen molar-refractivity contribution in [1.29, 1.82) is 0 Å². The topological polar surface area (TPSA) is 38.3 Å². The number of carbonyl (C=O) groups is 1. The van der Waals surface area contributed by atoms with Gasteiger partial charge in [0.2, 0.25) is 5.91 Å². The highest BCUT2D eigenvalue weighted by molar-refractivity contribution is 8.00. The highest BCUT2D eigenvalue weighted by Gasteiger charge is 2.12. The van der Waals surface area contributed by atoms with Gasteiger partial charge in [-0.05, 0) is 56.2 Å². The Hall–Kier alpha value is -1.94. The maximum Gasteiger partial charge on any atom is 0.230 e. The predicted molar refractivity (Wildman–Crippen MR) is 96.2 cm³/mol. The van der Waals surface area contributed by atoms with Crippen molar-refractivity contribution in [3.63, 3.8) is 0 Å². The van der Waals surface area contributed by atoms with E-state index in [4.69, 9.17) is 4.74 Å². The summed E-state index contributed by atoms with van der Waals surface area (Å²) in [5.74, 6) is 1.27. The molecule has 122 valence electrons. The number of methoxy groups -OCH3 is 1. The molecule has 0 saturated heterocycles. The van der Waals surface area contributed by atoms with Crippen molar-refractivity contribution in [1.82, 2.24) is 5.32 Å². The summed E-state index contributed by atoms with van der Waals surface area (Å²) in [5, 5.41) is 3.07. The number of rotatable bonds is 6. The van der Waals surface area contributed by atoms with Crippen molar-refractivity contribution in [2.75, 3.05) is 12.9 Å². The summed E-state index contributed by atoms with van der Waals surface area (Å²) in [6, 6.07) is 14.1. The first-order valence-electron chi connectivity index (χ1n) is 7.63. The fourth-order valence-electron chi connectivity index (χ4n) is 2.41. The lowest BCUT2D eigenvalue weighted by atomic mass is 10.00. The van der Waals surface area contributed by atoms with Crippen LogP contribution in [0, 0.1) is 13.8 Å². The number of amides is 1. The Balaban J connectivity index is 1.89. The Bertz CT molecular complexity index is 668. The van der Waals surface area contributed by atoms with Gasteiger partial charge in [-0.3, -0.25) is 4.79 Å². The minimum absolute atomic E-state index is 0.0128. The molecule has 0 radical (unpaired) electrons. The smallest absolute Gasteiger partial charge is 0.230 e. The molecule has 0 fully saturated rings. The molecule has 23 heavy (non-hydrogen) atoms. The average Bonchev–Trinajstić information content (AvgIpc) is 2.55. The lowest BCUT2D eigenvalue weighted by Crippen LogP contribution is -2.28. The zero-order valence-corrected chi connectivity index (χ0v) is 14.9. The third kappa shape index (κ3) is 5.03. The molecule has 2 aromatic carbocycles. The Morgan fingerprint density at radius 2 is 1.87 bits per heavy atom. The molecule has 0 aromatic heterocycles. The fourth-order valence-corrected chi connectivity index (χ4v) is 3.12. The van der Waals surface area contributed by atoms with Gasteiger partial charge in [-0.2, -0.15) is 0 Å². The normalized spacial score (nSPS) is 11.8. The summed E-state index contributed by atoms with van der Waals surface area (Å²) in [7, 11) is 1.64. The third-order valence-corrected chi connectivity index (χ3v) is 4.72. The summed E-state index contributed by atoms with van der Waals surface area (Å²) in [6.45, 7) is 6.16. The molecule has 0 spiro atoms. The molecule has 1 N–H and O–H groups in total. The van der Waals surface area contributed by atoms with Gasteiger partial charge < -0.3 is 10.1 Å². The second-order valence-corrected chi connectivity index (χ2v) is 6.66. The van der Waals surface area contributed by atoms with Crippen molar-refractivity contribution in [3.05, 3.63) is 59.2 Å². The molecule has 0 heterocycles. The molecular weight excluding hydrogens is 306 g/mol. The molecule has 0 aliphatic carbocycles. The van der Waals surface area contributed by atoms with Crippen molar-refractivity contribution in [2.24, 2.45) is 0 Å². The Kier molecular flexibility index (Phi) is 6.11. The monoisotopic (exact) mass is 329 g/mol. The first-order valence-corrected chi connectivity index (χ1v) is 8.61. The highest BCUT2D eigenvalue weighted by Crippen LogP contribution is 2.22. The summed E-state index contributed by atoms with van der Waals surface area (Å²) >= 11 is 1.52. The van der Waals surface area contributed by atoms with E-state index in [0.717, 1.165) is 10.6 Å². The molecule has 4 heteroatoms. The van der Waals surface area contributed by atoms with Crippen LogP contribution >= 0.6 is 11.8 Å². The molecule has 0 aliphatic heterocycles. The number of hydrogen-bond donors (Lipinski definition) is 1. The molecule has 3 nitrogen and oxygen atoms in total. The van der Waals surface area contributed by atoms with Crippen LogP contribution in [0.3, 0.4) is 0 Å². The SMILES string of the molecule is COc1ccc(SCC(=O)NC(C)c2cc(C)ccc2C)cc1. The van der Waals surface area contributed by atoms with Crippen LogP contribution in [0.25, 0.3) is 0 Å². The average molecular weight is 329 g/mol. The molecular formula is C19H23NO2S. The minimum atomic E-state index is 0.0128. The van der Waals surface area contributed by atoms with E-state index in [0.29, 0.717) is 5.75 Å². The zero-order valence-electron chi connectivity index (χ0n) is 14.1. The van der Waals surface area contributed by atoms with E-state index in [-0.39, 0.29) is 11.9 Å². The van der Waals surface area contributed by atoms with Gasteiger partial charge in [-0.1, -0.05) is 23.8 Å². The third-order valence-electron chi connectivity index (χ3n) is 3.71. The Morgan fingerprint density at radius 1 is 1.17 bits per heavy atom. The zero-order chi connectivity index (χ0) is 16.8. The van der Waals surface area contributed by atoms with Crippen molar-refractivity contribution >= 4 is 17.7 Å². The van der Waals surface area contributed by atoms with Crippen LogP contribution in [0.4, 0.5) is 0 Å². The lowest BCUT2D eigenvalue weighted by molar-refractivity contribution is -0.119. The number of nitrogens with one attached hydrogen (secondary N) is 1. The van der Waals surface area contributed by atoms with Crippen molar-refractivity contribution < 1.29 is 9.53 Å². The minimum Gasteiger partial charge on any atom is -0.497 e. The van der Waals surface area contributed by atoms with Gasteiger partial charge in [0.1, 0.15) is 5.75 Å². The van der Waals surface area contributed by atoms with Gasteiger partial charge >= 0.3 is 0 Å². The number of benzene rings is 2. The van der Waals surface area contributed by atoms with Crippen LogP contribution in [0.2, 0.25) is 0 Å². The maximum atomic E-state index is 12.2. The van der Waals surface area contributed by atoms with Crippen molar-refractivity contribution in [2.45, 2.75) is 31.7 Å². The molecule has 1 atom stereocenters. The van der Waals surface area contributed by atoms with Gasteiger partial charge in [-0.25, -0.2) is 0 Å². The van der Waals surface area contributed by atoms with Crippen LogP contribution in [0.1, 0.15) is 29.7 Å². The number of carbonyl (C=O) groups excluding carboxylic acids is 1. The van der Waals surface area contributed by atoms with Gasteiger partial charge in [0.05, 0.1) is 18.9 Å². The summed E-state index contributed by atoms with van der Waals surface area (Å²) in [6.07, 6.45) is 0.